The van der Waals surface area contributed by atoms with Crippen molar-refractivity contribution in [2.75, 3.05) is 14.1 Å². The summed E-state index contributed by atoms with van der Waals surface area (Å²) < 4.78 is 0. The number of benzene rings is 1. The number of aromatic hydroxyl groups is 1. The second-order valence-electron chi connectivity index (χ2n) is 8.51. The number of hydrogen-bond donors (Lipinski definition) is 1. The molecule has 0 saturated heterocycles. The lowest BCUT2D eigenvalue weighted by molar-refractivity contribution is 0.211. The summed E-state index contributed by atoms with van der Waals surface area (Å²) in [5, 5.41) is 10.1. The zero-order valence-electron chi connectivity index (χ0n) is 16.8. The predicted molar refractivity (Wildman–Crippen MR) is 106 cm³/mol. The summed E-state index contributed by atoms with van der Waals surface area (Å²) in [6, 6.07) is 8.47. The summed E-state index contributed by atoms with van der Waals surface area (Å²) in [7, 11) is 4.43. The van der Waals surface area contributed by atoms with Crippen molar-refractivity contribution in [3.8, 4) is 5.75 Å². The Morgan fingerprint density at radius 1 is 0.917 bits per heavy atom. The molecular weight excluding hydrogens is 294 g/mol. The zero-order valence-corrected chi connectivity index (χ0v) is 16.8. The molecular formula is C22H39NO. The van der Waals surface area contributed by atoms with E-state index in [4.69, 9.17) is 0 Å². The van der Waals surface area contributed by atoms with Gasteiger partial charge in [0.25, 0.3) is 0 Å². The fourth-order valence-electron chi connectivity index (χ4n) is 3.66. The average Bonchev–Trinajstić information content (AvgIpc) is 2.47. The summed E-state index contributed by atoms with van der Waals surface area (Å²) >= 11 is 0. The van der Waals surface area contributed by atoms with Gasteiger partial charge < -0.3 is 10.0 Å². The molecule has 0 aromatic heterocycles. The molecule has 0 bridgehead atoms. The Morgan fingerprint density at radius 3 is 2.12 bits per heavy atom. The van der Waals surface area contributed by atoms with Gasteiger partial charge in [-0.3, -0.25) is 0 Å². The number of para-hydroxylation sites is 1. The molecule has 138 valence electrons. The number of phenols is 1. The molecule has 2 heteroatoms. The summed E-state index contributed by atoms with van der Waals surface area (Å²) in [5.74, 6) is 2.57. The van der Waals surface area contributed by atoms with Crippen LogP contribution in [0.2, 0.25) is 0 Å². The maximum Gasteiger partial charge on any atom is 0.118 e. The van der Waals surface area contributed by atoms with Gasteiger partial charge in [0.1, 0.15) is 5.75 Å². The summed E-state index contributed by atoms with van der Waals surface area (Å²) in [5.41, 5.74) is 1.10. The molecule has 1 aromatic rings. The molecule has 0 aliphatic heterocycles. The third kappa shape index (κ3) is 8.19. The lowest BCUT2D eigenvalue weighted by atomic mass is 9.84. The van der Waals surface area contributed by atoms with Crippen molar-refractivity contribution in [3.05, 3.63) is 29.8 Å². The van der Waals surface area contributed by atoms with Crippen LogP contribution in [0.4, 0.5) is 0 Å². The maximum atomic E-state index is 10.1. The minimum Gasteiger partial charge on any atom is -0.508 e. The van der Waals surface area contributed by atoms with E-state index >= 15 is 0 Å². The van der Waals surface area contributed by atoms with E-state index in [1.54, 1.807) is 0 Å². The standard InChI is InChI=1S/C22H39NO/c1-17(2)10-9-12-21(23(5)6)16-19(14-18(3)4)15-20-11-7-8-13-22(20)24/h7-8,11,13,17-19,21,24H,9-10,12,14-16H2,1-6H3. The van der Waals surface area contributed by atoms with Gasteiger partial charge in [0.15, 0.2) is 0 Å². The van der Waals surface area contributed by atoms with Crippen LogP contribution in [0.25, 0.3) is 0 Å². The van der Waals surface area contributed by atoms with Gasteiger partial charge in [-0.1, -0.05) is 58.7 Å². The van der Waals surface area contributed by atoms with Gasteiger partial charge in [0, 0.05) is 6.04 Å². The molecule has 24 heavy (non-hydrogen) atoms. The summed E-state index contributed by atoms with van der Waals surface area (Å²) in [4.78, 5) is 2.40. The summed E-state index contributed by atoms with van der Waals surface area (Å²) in [6.07, 6.45) is 7.34. The fraction of sp³-hybridized carbons (Fsp3) is 0.727. The van der Waals surface area contributed by atoms with Crippen LogP contribution in [0.1, 0.15) is 65.4 Å². The second kappa shape index (κ2) is 10.8. The van der Waals surface area contributed by atoms with Crippen molar-refractivity contribution in [3.63, 3.8) is 0 Å². The van der Waals surface area contributed by atoms with Crippen LogP contribution >= 0.6 is 0 Å². The molecule has 0 aliphatic carbocycles. The monoisotopic (exact) mass is 333 g/mol. The molecule has 0 radical (unpaired) electrons. The Morgan fingerprint density at radius 2 is 1.58 bits per heavy atom. The van der Waals surface area contributed by atoms with E-state index in [0.29, 0.717) is 23.6 Å². The van der Waals surface area contributed by atoms with Crippen LogP contribution in [0.5, 0.6) is 5.75 Å². The van der Waals surface area contributed by atoms with Crippen molar-refractivity contribution in [2.45, 2.75) is 72.3 Å². The maximum absolute atomic E-state index is 10.1. The van der Waals surface area contributed by atoms with Gasteiger partial charge in [-0.15, -0.1) is 0 Å². The first-order valence-electron chi connectivity index (χ1n) is 9.72. The number of phenolic OH excluding ortho intramolecular Hbond substituents is 1. The van der Waals surface area contributed by atoms with Crippen LogP contribution in [0, 0.1) is 17.8 Å². The van der Waals surface area contributed by atoms with Gasteiger partial charge >= 0.3 is 0 Å². The average molecular weight is 334 g/mol. The Labute approximate surface area is 150 Å². The number of rotatable bonds is 11. The highest BCUT2D eigenvalue weighted by Gasteiger charge is 2.20. The molecule has 0 fully saturated rings. The van der Waals surface area contributed by atoms with Gasteiger partial charge in [-0.2, -0.15) is 0 Å². The predicted octanol–water partition coefficient (Wildman–Crippen LogP) is 5.74. The van der Waals surface area contributed by atoms with Crippen LogP contribution in [-0.4, -0.2) is 30.1 Å². The van der Waals surface area contributed by atoms with E-state index in [0.717, 1.165) is 17.9 Å². The second-order valence-corrected chi connectivity index (χ2v) is 8.51. The quantitative estimate of drug-likeness (QED) is 0.558. The molecule has 2 unspecified atom stereocenters. The van der Waals surface area contributed by atoms with Gasteiger partial charge in [0.2, 0.25) is 0 Å². The Hall–Kier alpha value is -1.02. The van der Waals surface area contributed by atoms with E-state index in [-0.39, 0.29) is 0 Å². The van der Waals surface area contributed by atoms with Crippen LogP contribution in [-0.2, 0) is 6.42 Å². The third-order valence-corrected chi connectivity index (χ3v) is 4.96. The molecule has 1 aromatic carbocycles. The lowest BCUT2D eigenvalue weighted by Gasteiger charge is -2.30. The lowest BCUT2D eigenvalue weighted by Crippen LogP contribution is -2.31. The molecule has 0 amide bonds. The SMILES string of the molecule is CC(C)CCCC(CC(Cc1ccccc1O)CC(C)C)N(C)C. The van der Waals surface area contributed by atoms with Crippen LogP contribution in [0.3, 0.4) is 0 Å². The highest BCUT2D eigenvalue weighted by atomic mass is 16.3. The van der Waals surface area contributed by atoms with Crippen molar-refractivity contribution in [2.24, 2.45) is 17.8 Å². The van der Waals surface area contributed by atoms with E-state index in [1.807, 2.05) is 18.2 Å². The van der Waals surface area contributed by atoms with E-state index < -0.39 is 0 Å². The fourth-order valence-corrected chi connectivity index (χ4v) is 3.66. The topological polar surface area (TPSA) is 23.5 Å². The highest BCUT2D eigenvalue weighted by molar-refractivity contribution is 5.32. The van der Waals surface area contributed by atoms with E-state index in [1.165, 1.54) is 32.1 Å². The zero-order chi connectivity index (χ0) is 18.1. The minimum atomic E-state index is 0.451. The first kappa shape index (κ1) is 21.0. The van der Waals surface area contributed by atoms with Gasteiger partial charge in [-0.05, 0) is 69.2 Å². The Bertz CT molecular complexity index is 453. The third-order valence-electron chi connectivity index (χ3n) is 4.96. The van der Waals surface area contributed by atoms with Crippen molar-refractivity contribution in [1.82, 2.24) is 4.90 Å². The molecule has 1 N–H and O–H groups in total. The van der Waals surface area contributed by atoms with E-state index in [9.17, 15) is 5.11 Å². The molecule has 1 rings (SSSR count). The largest absolute Gasteiger partial charge is 0.508 e. The first-order valence-corrected chi connectivity index (χ1v) is 9.72. The van der Waals surface area contributed by atoms with Crippen molar-refractivity contribution >= 4 is 0 Å². The minimum absolute atomic E-state index is 0.451. The van der Waals surface area contributed by atoms with Crippen LogP contribution in [0.15, 0.2) is 24.3 Å². The normalized spacial score (nSPS) is 14.5. The first-order chi connectivity index (χ1) is 11.3. The smallest absolute Gasteiger partial charge is 0.118 e. The van der Waals surface area contributed by atoms with Crippen LogP contribution < -0.4 is 0 Å². The van der Waals surface area contributed by atoms with Crippen molar-refractivity contribution in [1.29, 1.82) is 0 Å². The van der Waals surface area contributed by atoms with Gasteiger partial charge in [0.05, 0.1) is 0 Å². The molecule has 2 nitrogen and oxygen atoms in total. The van der Waals surface area contributed by atoms with Gasteiger partial charge in [-0.25, -0.2) is 0 Å². The summed E-state index contributed by atoms with van der Waals surface area (Å²) in [6.45, 7) is 9.23. The molecule has 0 heterocycles. The Kier molecular flexibility index (Phi) is 9.43. The highest BCUT2D eigenvalue weighted by Crippen LogP contribution is 2.28. The molecule has 0 saturated carbocycles. The Balaban J connectivity index is 2.72. The number of nitrogens with zero attached hydrogens (tertiary/aromatic N) is 1. The van der Waals surface area contributed by atoms with Crippen molar-refractivity contribution < 1.29 is 5.11 Å². The molecule has 0 aliphatic rings. The van der Waals surface area contributed by atoms with E-state index in [2.05, 4.69) is 52.8 Å². The molecule has 2 atom stereocenters. The molecule has 0 spiro atoms. The number of hydrogen-bond acceptors (Lipinski definition) is 2.